The van der Waals surface area contributed by atoms with Gasteiger partial charge < -0.3 is 9.67 Å². The molecule has 2 aromatic rings. The van der Waals surface area contributed by atoms with Crippen LogP contribution in [0.15, 0.2) is 36.7 Å². The number of carbonyl (C=O) groups is 2. The number of rotatable bonds is 5. The van der Waals surface area contributed by atoms with Crippen molar-refractivity contribution in [2.75, 3.05) is 5.32 Å². The molecule has 1 aliphatic rings. The average Bonchev–Trinajstić information content (AvgIpc) is 3.19. The Morgan fingerprint density at radius 2 is 2.14 bits per heavy atom. The van der Waals surface area contributed by atoms with Gasteiger partial charge in [-0.15, -0.1) is 0 Å². The molecule has 1 heterocycles. The first-order valence-electron chi connectivity index (χ1n) is 6.84. The van der Waals surface area contributed by atoms with Gasteiger partial charge >= 0.3 is 5.97 Å². The van der Waals surface area contributed by atoms with Crippen LogP contribution >= 0.6 is 11.6 Å². The van der Waals surface area contributed by atoms with Crippen LogP contribution in [-0.2, 0) is 16.1 Å². The van der Waals surface area contributed by atoms with Crippen molar-refractivity contribution in [1.29, 1.82) is 0 Å². The van der Waals surface area contributed by atoms with E-state index in [4.69, 9.17) is 16.7 Å². The highest BCUT2D eigenvalue weighted by atomic mass is 35.5. The molecule has 0 aliphatic heterocycles. The van der Waals surface area contributed by atoms with Gasteiger partial charge in [0.05, 0.1) is 18.4 Å². The first-order valence-corrected chi connectivity index (χ1v) is 7.22. The van der Waals surface area contributed by atoms with Crippen molar-refractivity contribution >= 4 is 29.4 Å². The number of amides is 1. The van der Waals surface area contributed by atoms with Crippen LogP contribution in [0.3, 0.4) is 0 Å². The summed E-state index contributed by atoms with van der Waals surface area (Å²) in [5.41, 5.74) is 0.910. The van der Waals surface area contributed by atoms with Gasteiger partial charge in [0.25, 0.3) is 0 Å². The van der Waals surface area contributed by atoms with E-state index in [9.17, 15) is 9.59 Å². The minimum absolute atomic E-state index is 0.306. The molecule has 0 bridgehead atoms. The molecule has 1 saturated carbocycles. The summed E-state index contributed by atoms with van der Waals surface area (Å²) in [6, 6.07) is 7.43. The van der Waals surface area contributed by atoms with E-state index in [0.29, 0.717) is 23.9 Å². The van der Waals surface area contributed by atoms with Crippen molar-refractivity contribution in [3.8, 4) is 0 Å². The maximum atomic E-state index is 12.0. The second-order valence-corrected chi connectivity index (χ2v) is 5.65. The minimum atomic E-state index is -0.931. The van der Waals surface area contributed by atoms with E-state index in [-0.39, 0.29) is 5.91 Å². The van der Waals surface area contributed by atoms with Gasteiger partial charge in [-0.1, -0.05) is 29.8 Å². The number of imidazole rings is 1. The normalized spacial score (nSPS) is 19.7. The molecule has 7 heteroatoms. The zero-order valence-electron chi connectivity index (χ0n) is 11.6. The summed E-state index contributed by atoms with van der Waals surface area (Å²) < 4.78 is 1.76. The highest BCUT2D eigenvalue weighted by Crippen LogP contribution is 2.39. The van der Waals surface area contributed by atoms with Crippen LogP contribution in [0, 0.1) is 11.8 Å². The average molecular weight is 320 g/mol. The molecule has 1 aromatic heterocycles. The molecule has 22 heavy (non-hydrogen) atoms. The van der Waals surface area contributed by atoms with Crippen molar-refractivity contribution in [2.45, 2.75) is 13.0 Å². The number of carboxylic acid groups (broad SMARTS) is 1. The molecule has 1 amide bonds. The second kappa shape index (κ2) is 5.81. The van der Waals surface area contributed by atoms with Crippen molar-refractivity contribution in [3.05, 3.63) is 47.2 Å². The van der Waals surface area contributed by atoms with E-state index in [1.807, 2.05) is 18.2 Å². The summed E-state index contributed by atoms with van der Waals surface area (Å²) in [6.07, 6.45) is 3.70. The van der Waals surface area contributed by atoms with Crippen LogP contribution in [0.2, 0.25) is 5.02 Å². The Kier molecular flexibility index (Phi) is 3.85. The third-order valence-electron chi connectivity index (χ3n) is 3.69. The van der Waals surface area contributed by atoms with E-state index < -0.39 is 17.8 Å². The third kappa shape index (κ3) is 2.96. The van der Waals surface area contributed by atoms with Crippen LogP contribution in [0.5, 0.6) is 0 Å². The minimum Gasteiger partial charge on any atom is -0.481 e. The summed E-state index contributed by atoms with van der Waals surface area (Å²) in [7, 11) is 0. The summed E-state index contributed by atoms with van der Waals surface area (Å²) in [5, 5.41) is 12.2. The predicted octanol–water partition coefficient (Wildman–Crippen LogP) is 2.24. The van der Waals surface area contributed by atoms with Crippen molar-refractivity contribution in [2.24, 2.45) is 11.8 Å². The Morgan fingerprint density at radius 3 is 2.82 bits per heavy atom. The van der Waals surface area contributed by atoms with Gasteiger partial charge in [0.1, 0.15) is 0 Å². The quantitative estimate of drug-likeness (QED) is 0.885. The van der Waals surface area contributed by atoms with Crippen molar-refractivity contribution < 1.29 is 14.7 Å². The molecular weight excluding hydrogens is 306 g/mol. The van der Waals surface area contributed by atoms with Gasteiger partial charge in [-0.3, -0.25) is 14.9 Å². The summed E-state index contributed by atoms with van der Waals surface area (Å²) in [6.45, 7) is 0.475. The Morgan fingerprint density at radius 1 is 1.36 bits per heavy atom. The molecule has 1 aliphatic carbocycles. The van der Waals surface area contributed by atoms with Gasteiger partial charge in [0.2, 0.25) is 11.9 Å². The fourth-order valence-electron chi connectivity index (χ4n) is 2.33. The predicted molar refractivity (Wildman–Crippen MR) is 80.6 cm³/mol. The lowest BCUT2D eigenvalue weighted by Gasteiger charge is -2.10. The van der Waals surface area contributed by atoms with E-state index in [2.05, 4.69) is 10.3 Å². The van der Waals surface area contributed by atoms with Gasteiger partial charge in [0.15, 0.2) is 0 Å². The fourth-order valence-corrected chi connectivity index (χ4v) is 2.53. The van der Waals surface area contributed by atoms with E-state index >= 15 is 0 Å². The van der Waals surface area contributed by atoms with Crippen LogP contribution in [0.25, 0.3) is 0 Å². The number of nitrogens with one attached hydrogen (secondary N) is 1. The molecule has 2 N–H and O–H groups in total. The number of hydrogen-bond donors (Lipinski definition) is 2. The second-order valence-electron chi connectivity index (χ2n) is 5.25. The lowest BCUT2D eigenvalue weighted by molar-refractivity contribution is -0.139. The molecule has 3 rings (SSSR count). The van der Waals surface area contributed by atoms with E-state index in [0.717, 1.165) is 5.56 Å². The number of carboxylic acids is 1. The molecule has 1 fully saturated rings. The van der Waals surface area contributed by atoms with Crippen LogP contribution in [0.1, 0.15) is 12.0 Å². The number of anilines is 1. The standard InChI is InChI=1S/C15H14ClN3O3/c16-12-4-2-1-3-9(12)8-19-6-5-17-15(19)18-13(20)10-7-11(10)14(21)22/h1-6,10-11H,7-8H2,(H,21,22)(H,17,18,20)/t10-,11-/m1/s1. The van der Waals surface area contributed by atoms with Gasteiger partial charge in [0, 0.05) is 17.4 Å². The van der Waals surface area contributed by atoms with Crippen LogP contribution in [0.4, 0.5) is 5.95 Å². The molecule has 6 nitrogen and oxygen atoms in total. The Bertz CT molecular complexity index is 728. The molecule has 0 unspecified atom stereocenters. The summed E-state index contributed by atoms with van der Waals surface area (Å²) in [4.78, 5) is 26.9. The molecule has 2 atom stereocenters. The number of carbonyl (C=O) groups excluding carboxylic acids is 1. The zero-order chi connectivity index (χ0) is 15.7. The monoisotopic (exact) mass is 319 g/mol. The van der Waals surface area contributed by atoms with Crippen LogP contribution in [-0.4, -0.2) is 26.5 Å². The lowest BCUT2D eigenvalue weighted by atomic mass is 10.2. The molecule has 1 aromatic carbocycles. The van der Waals surface area contributed by atoms with Gasteiger partial charge in [-0.25, -0.2) is 4.98 Å². The number of hydrogen-bond acceptors (Lipinski definition) is 3. The number of benzene rings is 1. The largest absolute Gasteiger partial charge is 0.481 e. The Balaban J connectivity index is 1.69. The SMILES string of the molecule is O=C(O)[C@@H]1C[C@H]1C(=O)Nc1nccn1Cc1ccccc1Cl. The molecule has 114 valence electrons. The third-order valence-corrected chi connectivity index (χ3v) is 4.06. The molecular formula is C15H14ClN3O3. The number of halogens is 1. The zero-order valence-corrected chi connectivity index (χ0v) is 12.3. The highest BCUT2D eigenvalue weighted by molar-refractivity contribution is 6.31. The van der Waals surface area contributed by atoms with Gasteiger partial charge in [-0.2, -0.15) is 0 Å². The van der Waals surface area contributed by atoms with Crippen molar-refractivity contribution in [3.63, 3.8) is 0 Å². The topological polar surface area (TPSA) is 84.2 Å². The number of nitrogens with zero attached hydrogens (tertiary/aromatic N) is 2. The Hall–Kier alpha value is -2.34. The van der Waals surface area contributed by atoms with Gasteiger partial charge in [-0.05, 0) is 18.1 Å². The first-order chi connectivity index (χ1) is 10.6. The lowest BCUT2D eigenvalue weighted by Crippen LogP contribution is -2.19. The Labute approximate surface area is 131 Å². The molecule has 0 spiro atoms. The maximum Gasteiger partial charge on any atom is 0.307 e. The highest BCUT2D eigenvalue weighted by Gasteiger charge is 2.48. The summed E-state index contributed by atoms with van der Waals surface area (Å²) in [5.74, 6) is -1.89. The van der Waals surface area contributed by atoms with Crippen molar-refractivity contribution in [1.82, 2.24) is 9.55 Å². The van der Waals surface area contributed by atoms with Crippen LogP contribution < -0.4 is 5.32 Å². The van der Waals surface area contributed by atoms with E-state index in [1.165, 1.54) is 0 Å². The summed E-state index contributed by atoms with van der Waals surface area (Å²) >= 11 is 6.13. The maximum absolute atomic E-state index is 12.0. The fraction of sp³-hybridized carbons (Fsp3) is 0.267. The number of aliphatic carboxylic acids is 1. The number of aromatic nitrogens is 2. The first kappa shape index (κ1) is 14.6. The molecule has 0 saturated heterocycles. The smallest absolute Gasteiger partial charge is 0.307 e. The molecule has 0 radical (unpaired) electrons. The van der Waals surface area contributed by atoms with E-state index in [1.54, 1.807) is 23.0 Å².